The predicted molar refractivity (Wildman–Crippen MR) is 71.6 cm³/mol. The Labute approximate surface area is 107 Å². The SMILES string of the molecule is CCc1nnnn1-c1ccc(C(C)(C)C)c(N)c1. The van der Waals surface area contributed by atoms with Crippen LogP contribution in [0.5, 0.6) is 0 Å². The van der Waals surface area contributed by atoms with Gasteiger partial charge in [-0.05, 0) is 33.5 Å². The molecule has 2 aromatic rings. The van der Waals surface area contributed by atoms with Crippen molar-refractivity contribution < 1.29 is 0 Å². The molecular formula is C13H19N5. The average Bonchev–Trinajstić information content (AvgIpc) is 2.74. The van der Waals surface area contributed by atoms with Gasteiger partial charge in [0.15, 0.2) is 5.82 Å². The first-order valence-electron chi connectivity index (χ1n) is 6.11. The Morgan fingerprint density at radius 3 is 2.56 bits per heavy atom. The molecule has 96 valence electrons. The van der Waals surface area contributed by atoms with Crippen LogP contribution in [0.15, 0.2) is 18.2 Å². The van der Waals surface area contributed by atoms with Crippen molar-refractivity contribution in [2.24, 2.45) is 0 Å². The molecule has 0 radical (unpaired) electrons. The molecule has 0 saturated heterocycles. The third-order valence-electron chi connectivity index (χ3n) is 2.94. The summed E-state index contributed by atoms with van der Waals surface area (Å²) in [6.07, 6.45) is 0.786. The minimum atomic E-state index is 0.0385. The lowest BCUT2D eigenvalue weighted by molar-refractivity contribution is 0.592. The van der Waals surface area contributed by atoms with Crippen molar-refractivity contribution in [2.75, 3.05) is 5.73 Å². The average molecular weight is 245 g/mol. The lowest BCUT2D eigenvalue weighted by Gasteiger charge is -2.21. The van der Waals surface area contributed by atoms with E-state index in [2.05, 4.69) is 36.3 Å². The molecule has 5 nitrogen and oxygen atoms in total. The molecule has 5 heteroatoms. The van der Waals surface area contributed by atoms with Gasteiger partial charge in [-0.1, -0.05) is 33.8 Å². The number of aromatic nitrogens is 4. The van der Waals surface area contributed by atoms with Crippen molar-refractivity contribution >= 4 is 5.69 Å². The lowest BCUT2D eigenvalue weighted by atomic mass is 9.86. The van der Waals surface area contributed by atoms with Crippen LogP contribution in [0.2, 0.25) is 0 Å². The number of nitrogens with two attached hydrogens (primary N) is 1. The van der Waals surface area contributed by atoms with E-state index >= 15 is 0 Å². The molecule has 1 aromatic heterocycles. The van der Waals surface area contributed by atoms with Crippen LogP contribution in [-0.4, -0.2) is 20.2 Å². The van der Waals surface area contributed by atoms with E-state index in [0.717, 1.165) is 29.2 Å². The molecule has 0 unspecified atom stereocenters. The molecule has 2 rings (SSSR count). The van der Waals surface area contributed by atoms with Crippen LogP contribution in [0.1, 0.15) is 39.1 Å². The molecule has 2 N–H and O–H groups in total. The van der Waals surface area contributed by atoms with Crippen molar-refractivity contribution in [3.8, 4) is 5.69 Å². The molecule has 1 aromatic carbocycles. The number of rotatable bonds is 2. The van der Waals surface area contributed by atoms with Gasteiger partial charge < -0.3 is 5.73 Å². The summed E-state index contributed by atoms with van der Waals surface area (Å²) >= 11 is 0. The molecule has 0 aliphatic carbocycles. The molecule has 0 fully saturated rings. The number of nitrogen functional groups attached to an aromatic ring is 1. The maximum absolute atomic E-state index is 6.12. The minimum Gasteiger partial charge on any atom is -0.398 e. The number of aryl methyl sites for hydroxylation is 1. The van der Waals surface area contributed by atoms with Crippen LogP contribution < -0.4 is 5.73 Å². The summed E-state index contributed by atoms with van der Waals surface area (Å²) in [7, 11) is 0. The standard InChI is InChI=1S/C13H19N5/c1-5-12-15-16-17-18(12)9-6-7-10(11(14)8-9)13(2,3)4/h6-8H,5,14H2,1-4H3. The van der Waals surface area contributed by atoms with E-state index in [-0.39, 0.29) is 5.41 Å². The second kappa shape index (κ2) is 4.40. The lowest BCUT2D eigenvalue weighted by Crippen LogP contribution is -2.14. The van der Waals surface area contributed by atoms with Gasteiger partial charge in [-0.15, -0.1) is 5.10 Å². The second-order valence-electron chi connectivity index (χ2n) is 5.38. The molecule has 0 aliphatic heterocycles. The van der Waals surface area contributed by atoms with Crippen LogP contribution >= 0.6 is 0 Å². The smallest absolute Gasteiger partial charge is 0.156 e. The molecule has 0 amide bonds. The maximum Gasteiger partial charge on any atom is 0.156 e. The Hall–Kier alpha value is -1.91. The van der Waals surface area contributed by atoms with Crippen LogP contribution in [0.3, 0.4) is 0 Å². The fourth-order valence-corrected chi connectivity index (χ4v) is 1.99. The summed E-state index contributed by atoms with van der Waals surface area (Å²) in [5.41, 5.74) is 8.98. The highest BCUT2D eigenvalue weighted by atomic mass is 15.5. The Bertz CT molecular complexity index is 551. The Morgan fingerprint density at radius 1 is 1.28 bits per heavy atom. The minimum absolute atomic E-state index is 0.0385. The number of nitrogens with zero attached hydrogens (tertiary/aromatic N) is 4. The van der Waals surface area contributed by atoms with Gasteiger partial charge in [0.2, 0.25) is 0 Å². The summed E-state index contributed by atoms with van der Waals surface area (Å²) in [6.45, 7) is 8.46. The highest BCUT2D eigenvalue weighted by molar-refractivity contribution is 5.56. The van der Waals surface area contributed by atoms with E-state index in [1.54, 1.807) is 4.68 Å². The van der Waals surface area contributed by atoms with Crippen LogP contribution in [0.4, 0.5) is 5.69 Å². The van der Waals surface area contributed by atoms with Crippen LogP contribution in [-0.2, 0) is 11.8 Å². The van der Waals surface area contributed by atoms with Gasteiger partial charge in [0.25, 0.3) is 0 Å². The molecule has 0 saturated carbocycles. The first-order valence-corrected chi connectivity index (χ1v) is 6.11. The topological polar surface area (TPSA) is 69.6 Å². The summed E-state index contributed by atoms with van der Waals surface area (Å²) in [5, 5.41) is 11.7. The molecule has 1 heterocycles. The van der Waals surface area contributed by atoms with Crippen molar-refractivity contribution in [1.82, 2.24) is 20.2 Å². The van der Waals surface area contributed by atoms with Gasteiger partial charge in [-0.2, -0.15) is 4.68 Å². The second-order valence-corrected chi connectivity index (χ2v) is 5.38. The van der Waals surface area contributed by atoms with Gasteiger partial charge in [-0.25, -0.2) is 0 Å². The number of hydrogen-bond donors (Lipinski definition) is 1. The number of hydrogen-bond acceptors (Lipinski definition) is 4. The molecule has 0 bridgehead atoms. The Kier molecular flexibility index (Phi) is 3.07. The van der Waals surface area contributed by atoms with E-state index in [1.807, 2.05) is 25.1 Å². The zero-order valence-corrected chi connectivity index (χ0v) is 11.3. The predicted octanol–water partition coefficient (Wildman–Crippen LogP) is 2.10. The van der Waals surface area contributed by atoms with Crippen molar-refractivity contribution in [1.29, 1.82) is 0 Å². The van der Waals surface area contributed by atoms with E-state index in [9.17, 15) is 0 Å². The van der Waals surface area contributed by atoms with Gasteiger partial charge in [0.1, 0.15) is 0 Å². The normalized spacial score (nSPS) is 11.8. The quantitative estimate of drug-likeness (QED) is 0.823. The Morgan fingerprint density at radius 2 is 2.00 bits per heavy atom. The van der Waals surface area contributed by atoms with Crippen molar-refractivity contribution in [3.05, 3.63) is 29.6 Å². The molecule has 0 atom stereocenters. The van der Waals surface area contributed by atoms with Gasteiger partial charge in [0, 0.05) is 12.1 Å². The van der Waals surface area contributed by atoms with Crippen molar-refractivity contribution in [2.45, 2.75) is 39.5 Å². The maximum atomic E-state index is 6.12. The molecule has 18 heavy (non-hydrogen) atoms. The molecule has 0 aliphatic rings. The van der Waals surface area contributed by atoms with Crippen molar-refractivity contribution in [3.63, 3.8) is 0 Å². The Balaban J connectivity index is 2.47. The zero-order valence-electron chi connectivity index (χ0n) is 11.3. The highest BCUT2D eigenvalue weighted by Crippen LogP contribution is 2.29. The van der Waals surface area contributed by atoms with Gasteiger partial charge >= 0.3 is 0 Å². The van der Waals surface area contributed by atoms with Crippen LogP contribution in [0, 0.1) is 0 Å². The van der Waals surface area contributed by atoms with E-state index in [4.69, 9.17) is 5.73 Å². The molecular weight excluding hydrogens is 226 g/mol. The number of benzene rings is 1. The summed E-state index contributed by atoms with van der Waals surface area (Å²) < 4.78 is 1.72. The fraction of sp³-hybridized carbons (Fsp3) is 0.462. The first-order chi connectivity index (χ1) is 8.43. The summed E-state index contributed by atoms with van der Waals surface area (Å²) in [5.74, 6) is 0.831. The first kappa shape index (κ1) is 12.5. The van der Waals surface area contributed by atoms with E-state index in [0.29, 0.717) is 0 Å². The fourth-order valence-electron chi connectivity index (χ4n) is 1.99. The van der Waals surface area contributed by atoms with E-state index in [1.165, 1.54) is 0 Å². The highest BCUT2D eigenvalue weighted by Gasteiger charge is 2.17. The largest absolute Gasteiger partial charge is 0.398 e. The zero-order chi connectivity index (χ0) is 13.3. The van der Waals surface area contributed by atoms with E-state index < -0.39 is 0 Å². The third-order valence-corrected chi connectivity index (χ3v) is 2.94. The van der Waals surface area contributed by atoms with Gasteiger partial charge in [-0.3, -0.25) is 0 Å². The monoisotopic (exact) mass is 245 g/mol. The molecule has 0 spiro atoms. The van der Waals surface area contributed by atoms with Gasteiger partial charge in [0.05, 0.1) is 5.69 Å². The summed E-state index contributed by atoms with van der Waals surface area (Å²) in [6, 6.07) is 5.98. The summed E-state index contributed by atoms with van der Waals surface area (Å²) in [4.78, 5) is 0. The third kappa shape index (κ3) is 2.20. The van der Waals surface area contributed by atoms with Crippen LogP contribution in [0.25, 0.3) is 5.69 Å². The number of anilines is 1. The number of tetrazole rings is 1.